The number of nitrogens with zero attached hydrogens (tertiary/aromatic N) is 1. The van der Waals surface area contributed by atoms with Crippen molar-refractivity contribution in [3.63, 3.8) is 0 Å². The van der Waals surface area contributed by atoms with E-state index in [-0.39, 0.29) is 51.2 Å². The van der Waals surface area contributed by atoms with Gasteiger partial charge in [0.05, 0.1) is 29.1 Å². The molecule has 4 unspecified atom stereocenters. The van der Waals surface area contributed by atoms with E-state index >= 15 is 0 Å². The topological polar surface area (TPSA) is 159 Å². The van der Waals surface area contributed by atoms with E-state index < -0.39 is 58.8 Å². The molecule has 0 spiro atoms. The Labute approximate surface area is 255 Å². The zero-order chi connectivity index (χ0) is 30.2. The van der Waals surface area contributed by atoms with E-state index in [4.69, 9.17) is 4.74 Å². The third-order valence-corrected chi connectivity index (χ3v) is 9.45. The number of ketones is 2. The first kappa shape index (κ1) is 28.1. The van der Waals surface area contributed by atoms with E-state index in [9.17, 15) is 39.3 Å². The molecule has 214 valence electrons. The van der Waals surface area contributed by atoms with Crippen LogP contribution in [-0.2, 0) is 19.2 Å². The van der Waals surface area contributed by atoms with Crippen molar-refractivity contribution in [2.24, 2.45) is 17.8 Å². The van der Waals surface area contributed by atoms with Crippen molar-refractivity contribution >= 4 is 66.9 Å². The number of fused-ring (bicyclic) bond motifs is 3. The summed E-state index contributed by atoms with van der Waals surface area (Å²) < 4.78 is 5.97. The quantitative estimate of drug-likeness (QED) is 0.237. The van der Waals surface area contributed by atoms with Crippen molar-refractivity contribution < 1.29 is 44.0 Å². The number of phenolic OH excluding ortho intramolecular Hbond substituents is 1. The number of amides is 2. The van der Waals surface area contributed by atoms with Crippen LogP contribution < -0.4 is 9.64 Å². The molecule has 3 N–H and O–H groups in total. The van der Waals surface area contributed by atoms with Gasteiger partial charge in [0.25, 0.3) is 0 Å². The number of Topliss-reactive ketones (excluding diaryl/α,β-unsaturated/α-hetero) is 1. The lowest BCUT2D eigenvalue weighted by atomic mass is 9.59. The number of aromatic carboxylic acids is 1. The molecule has 42 heavy (non-hydrogen) atoms. The number of carboxylic acid groups (broad SMARTS) is 1. The van der Waals surface area contributed by atoms with Gasteiger partial charge in [-0.15, -0.1) is 0 Å². The second-order valence-corrected chi connectivity index (χ2v) is 12.2. The highest BCUT2D eigenvalue weighted by Crippen LogP contribution is 2.57. The number of phenols is 2. The fourth-order valence-electron chi connectivity index (χ4n) is 6.63. The van der Waals surface area contributed by atoms with Crippen LogP contribution in [0.5, 0.6) is 17.2 Å². The highest BCUT2D eigenvalue weighted by molar-refractivity contribution is 9.12. The predicted molar refractivity (Wildman–Crippen MR) is 154 cm³/mol. The Kier molecular flexibility index (Phi) is 6.73. The van der Waals surface area contributed by atoms with E-state index in [1.165, 1.54) is 19.3 Å². The van der Waals surface area contributed by atoms with Crippen molar-refractivity contribution in [2.45, 2.75) is 18.8 Å². The number of carbonyl (C=O) groups excluding carboxylic acids is 4. The maximum absolute atomic E-state index is 14.0. The molecule has 3 aliphatic carbocycles. The summed E-state index contributed by atoms with van der Waals surface area (Å²) in [4.78, 5) is 66.7. The molecular formula is C30H21Br2NO9. The van der Waals surface area contributed by atoms with Gasteiger partial charge in [-0.2, -0.15) is 0 Å². The standard InChI is InChI=1S/C30H21Br2NO9/c1-42-22-7-11(31)6-17(27(22)37)23-13-4-5-15-24(16(13)9-18-25(23)21(35)10-19(32)26(18)36)29(39)33(28(15)38)12-2-3-14(30(40)41)20(34)8-12/h2-4,6-8,10,15-16,23-24,34,37H,5,9H2,1H3,(H,40,41). The summed E-state index contributed by atoms with van der Waals surface area (Å²) in [5, 5.41) is 30.7. The normalized spacial score (nSPS) is 25.1. The molecule has 12 heteroatoms. The molecule has 0 radical (unpaired) electrons. The highest BCUT2D eigenvalue weighted by atomic mass is 79.9. The molecule has 2 aromatic carbocycles. The Morgan fingerprint density at radius 1 is 1.02 bits per heavy atom. The Morgan fingerprint density at radius 2 is 1.76 bits per heavy atom. The first-order valence-corrected chi connectivity index (χ1v) is 14.4. The van der Waals surface area contributed by atoms with Gasteiger partial charge in [0, 0.05) is 39.2 Å². The molecule has 1 heterocycles. The molecule has 1 aliphatic heterocycles. The zero-order valence-corrected chi connectivity index (χ0v) is 24.9. The van der Waals surface area contributed by atoms with Gasteiger partial charge in [0.2, 0.25) is 11.8 Å². The number of aromatic hydroxyl groups is 2. The van der Waals surface area contributed by atoms with Gasteiger partial charge in [0.1, 0.15) is 11.3 Å². The number of ether oxygens (including phenoxy) is 1. The second-order valence-electron chi connectivity index (χ2n) is 10.5. The molecule has 1 fully saturated rings. The lowest BCUT2D eigenvalue weighted by molar-refractivity contribution is -0.123. The number of carbonyl (C=O) groups is 5. The van der Waals surface area contributed by atoms with Crippen LogP contribution in [0.25, 0.3) is 0 Å². The number of carboxylic acids is 1. The van der Waals surface area contributed by atoms with Crippen LogP contribution in [0.15, 0.2) is 68.2 Å². The minimum atomic E-state index is -1.36. The van der Waals surface area contributed by atoms with Gasteiger partial charge in [-0.05, 0) is 59.0 Å². The first-order valence-electron chi connectivity index (χ1n) is 12.8. The molecule has 0 saturated carbocycles. The number of benzene rings is 2. The lowest BCUT2D eigenvalue weighted by Gasteiger charge is -2.42. The number of allylic oxidation sites excluding steroid dienone is 6. The smallest absolute Gasteiger partial charge is 0.339 e. The maximum Gasteiger partial charge on any atom is 0.339 e. The number of hydrogen-bond acceptors (Lipinski definition) is 8. The molecule has 2 amide bonds. The van der Waals surface area contributed by atoms with Gasteiger partial charge < -0.3 is 20.1 Å². The summed E-state index contributed by atoms with van der Waals surface area (Å²) in [5.41, 5.74) is 0.977. The second kappa shape index (κ2) is 10.1. The fourth-order valence-corrected chi connectivity index (χ4v) is 7.53. The summed E-state index contributed by atoms with van der Waals surface area (Å²) in [6.07, 6.45) is 3.18. The minimum Gasteiger partial charge on any atom is -0.507 e. The van der Waals surface area contributed by atoms with Gasteiger partial charge in [0.15, 0.2) is 23.1 Å². The van der Waals surface area contributed by atoms with Crippen LogP contribution in [0.3, 0.4) is 0 Å². The molecule has 2 aromatic rings. The first-order chi connectivity index (χ1) is 19.9. The van der Waals surface area contributed by atoms with E-state index in [0.29, 0.717) is 15.6 Å². The zero-order valence-electron chi connectivity index (χ0n) is 21.8. The molecule has 4 atom stereocenters. The Balaban J connectivity index is 1.49. The van der Waals surface area contributed by atoms with Crippen LogP contribution >= 0.6 is 31.9 Å². The van der Waals surface area contributed by atoms with Crippen LogP contribution in [0.4, 0.5) is 5.69 Å². The largest absolute Gasteiger partial charge is 0.507 e. The summed E-state index contributed by atoms with van der Waals surface area (Å²) >= 11 is 6.60. The van der Waals surface area contributed by atoms with Gasteiger partial charge >= 0.3 is 5.97 Å². The lowest BCUT2D eigenvalue weighted by Crippen LogP contribution is -2.39. The summed E-state index contributed by atoms with van der Waals surface area (Å²) in [6, 6.07) is 6.66. The monoisotopic (exact) mass is 697 g/mol. The summed E-state index contributed by atoms with van der Waals surface area (Å²) in [7, 11) is 1.39. The third kappa shape index (κ3) is 4.07. The predicted octanol–water partition coefficient (Wildman–Crippen LogP) is 4.53. The maximum atomic E-state index is 14.0. The third-order valence-electron chi connectivity index (χ3n) is 8.40. The number of methoxy groups -OCH3 is 1. The number of anilines is 1. The Bertz CT molecular complexity index is 1750. The van der Waals surface area contributed by atoms with Crippen LogP contribution in [0, 0.1) is 17.8 Å². The van der Waals surface area contributed by atoms with Gasteiger partial charge in [-0.25, -0.2) is 9.69 Å². The molecule has 4 aliphatic rings. The molecule has 0 aromatic heterocycles. The number of hydrogen-bond donors (Lipinski definition) is 3. The van der Waals surface area contributed by atoms with Crippen LogP contribution in [0.2, 0.25) is 0 Å². The SMILES string of the molecule is COc1cc(Br)cc(C2C3=CCC4C(=O)N(c5ccc(C(=O)O)c(O)c5)C(=O)C4C3CC3=C2C(=O)C=C(Br)C3=O)c1O. The Hall–Kier alpha value is -4.03. The minimum absolute atomic E-state index is 0.0221. The van der Waals surface area contributed by atoms with Crippen molar-refractivity contribution in [3.05, 3.63) is 79.3 Å². The summed E-state index contributed by atoms with van der Waals surface area (Å²) in [6.45, 7) is 0. The van der Waals surface area contributed by atoms with E-state index in [2.05, 4.69) is 31.9 Å². The van der Waals surface area contributed by atoms with Crippen molar-refractivity contribution in [1.82, 2.24) is 0 Å². The molecule has 1 saturated heterocycles. The van der Waals surface area contributed by atoms with Crippen molar-refractivity contribution in [1.29, 1.82) is 0 Å². The average Bonchev–Trinajstić information content (AvgIpc) is 3.21. The highest BCUT2D eigenvalue weighted by Gasteiger charge is 2.57. The average molecular weight is 699 g/mol. The number of imide groups is 1. The van der Waals surface area contributed by atoms with E-state index in [1.807, 2.05) is 0 Å². The molecule has 0 bridgehead atoms. The number of halogens is 2. The number of rotatable bonds is 4. The Morgan fingerprint density at radius 3 is 2.43 bits per heavy atom. The molecule has 10 nitrogen and oxygen atoms in total. The molecular weight excluding hydrogens is 678 g/mol. The van der Waals surface area contributed by atoms with E-state index in [0.717, 1.165) is 17.0 Å². The molecule has 6 rings (SSSR count). The van der Waals surface area contributed by atoms with E-state index in [1.54, 1.807) is 18.2 Å². The van der Waals surface area contributed by atoms with Gasteiger partial charge in [-0.1, -0.05) is 27.6 Å². The van der Waals surface area contributed by atoms with Crippen LogP contribution in [0.1, 0.15) is 34.7 Å². The van der Waals surface area contributed by atoms with Crippen LogP contribution in [-0.4, -0.2) is 51.8 Å². The van der Waals surface area contributed by atoms with Crippen molar-refractivity contribution in [3.8, 4) is 17.2 Å². The van der Waals surface area contributed by atoms with Crippen molar-refractivity contribution in [2.75, 3.05) is 12.0 Å². The summed E-state index contributed by atoms with van der Waals surface area (Å²) in [5.74, 6) is -7.19. The fraction of sp³-hybridized carbons (Fsp3) is 0.233. The van der Waals surface area contributed by atoms with Gasteiger partial charge in [-0.3, -0.25) is 19.2 Å².